The molecule has 6 heteroatoms. The second-order valence-electron chi connectivity index (χ2n) is 7.04. The molecule has 0 saturated carbocycles. The Bertz CT molecular complexity index is 1200. The standard InChI is InChI=1S/C25H21N3O2S/c1-17-20(24(29)26-19-11-6-3-7-12-19)13-8-14-21(17)28-25(30)22-16-31-23(27-22)15-18-9-4-2-5-10-18/h2-14,16H,15H2,1H3,(H,26,29)(H,28,30). The lowest BCUT2D eigenvalue weighted by atomic mass is 10.1. The third-order valence-electron chi connectivity index (χ3n) is 4.84. The van der Waals surface area contributed by atoms with Gasteiger partial charge < -0.3 is 10.6 Å². The van der Waals surface area contributed by atoms with Crippen molar-refractivity contribution >= 4 is 34.5 Å². The molecule has 0 radical (unpaired) electrons. The van der Waals surface area contributed by atoms with Crippen molar-refractivity contribution in [3.05, 3.63) is 112 Å². The molecule has 0 spiro atoms. The number of para-hydroxylation sites is 1. The van der Waals surface area contributed by atoms with Crippen molar-refractivity contribution in [1.29, 1.82) is 0 Å². The van der Waals surface area contributed by atoms with Crippen molar-refractivity contribution in [2.45, 2.75) is 13.3 Å². The summed E-state index contributed by atoms with van der Waals surface area (Å²) in [6.07, 6.45) is 0.687. The Hall–Kier alpha value is -3.77. The molecule has 4 rings (SSSR count). The number of anilines is 2. The number of thiazole rings is 1. The van der Waals surface area contributed by atoms with Crippen LogP contribution in [0.2, 0.25) is 0 Å². The van der Waals surface area contributed by atoms with Gasteiger partial charge in [0.25, 0.3) is 11.8 Å². The van der Waals surface area contributed by atoms with E-state index < -0.39 is 0 Å². The summed E-state index contributed by atoms with van der Waals surface area (Å²) < 4.78 is 0. The molecule has 0 saturated heterocycles. The van der Waals surface area contributed by atoms with E-state index in [4.69, 9.17) is 0 Å². The Kier molecular flexibility index (Phi) is 6.19. The first kappa shape index (κ1) is 20.5. The lowest BCUT2D eigenvalue weighted by Gasteiger charge is -2.12. The molecule has 0 aliphatic rings. The van der Waals surface area contributed by atoms with Crippen LogP contribution in [0.1, 0.15) is 37.0 Å². The highest BCUT2D eigenvalue weighted by atomic mass is 32.1. The third-order valence-corrected chi connectivity index (χ3v) is 5.69. The van der Waals surface area contributed by atoms with Crippen LogP contribution in [0.4, 0.5) is 11.4 Å². The highest BCUT2D eigenvalue weighted by molar-refractivity contribution is 7.09. The van der Waals surface area contributed by atoms with Gasteiger partial charge >= 0.3 is 0 Å². The van der Waals surface area contributed by atoms with Gasteiger partial charge in [-0.25, -0.2) is 4.98 Å². The smallest absolute Gasteiger partial charge is 0.275 e. The molecule has 4 aromatic rings. The molecule has 0 unspecified atom stereocenters. The minimum absolute atomic E-state index is 0.224. The molecule has 5 nitrogen and oxygen atoms in total. The minimum atomic E-state index is -0.292. The van der Waals surface area contributed by atoms with Crippen molar-refractivity contribution in [2.24, 2.45) is 0 Å². The van der Waals surface area contributed by atoms with Crippen LogP contribution < -0.4 is 10.6 Å². The van der Waals surface area contributed by atoms with Crippen LogP contribution >= 0.6 is 11.3 Å². The highest BCUT2D eigenvalue weighted by Crippen LogP contribution is 2.22. The predicted octanol–water partition coefficient (Wildman–Crippen LogP) is 5.55. The van der Waals surface area contributed by atoms with Gasteiger partial charge in [0.15, 0.2) is 0 Å². The molecule has 0 aliphatic carbocycles. The molecule has 3 aromatic carbocycles. The van der Waals surface area contributed by atoms with Crippen molar-refractivity contribution < 1.29 is 9.59 Å². The van der Waals surface area contributed by atoms with Crippen LogP contribution in [0, 0.1) is 6.92 Å². The third kappa shape index (κ3) is 5.05. The normalized spacial score (nSPS) is 10.5. The number of carbonyl (C=O) groups is 2. The molecule has 0 atom stereocenters. The van der Waals surface area contributed by atoms with Gasteiger partial charge in [0.2, 0.25) is 0 Å². The van der Waals surface area contributed by atoms with Crippen molar-refractivity contribution in [3.8, 4) is 0 Å². The van der Waals surface area contributed by atoms with Gasteiger partial charge in [0.05, 0.1) is 5.01 Å². The van der Waals surface area contributed by atoms with E-state index in [9.17, 15) is 9.59 Å². The summed E-state index contributed by atoms with van der Waals surface area (Å²) in [6, 6.07) is 24.6. The van der Waals surface area contributed by atoms with Crippen LogP contribution in [0.15, 0.2) is 84.2 Å². The molecule has 154 valence electrons. The number of nitrogens with one attached hydrogen (secondary N) is 2. The van der Waals surface area contributed by atoms with E-state index in [1.54, 1.807) is 23.6 Å². The second kappa shape index (κ2) is 9.36. The van der Waals surface area contributed by atoms with Gasteiger partial charge in [-0.2, -0.15) is 0 Å². The largest absolute Gasteiger partial charge is 0.322 e. The van der Waals surface area contributed by atoms with E-state index in [2.05, 4.69) is 15.6 Å². The zero-order chi connectivity index (χ0) is 21.6. The van der Waals surface area contributed by atoms with Gasteiger partial charge in [-0.3, -0.25) is 9.59 Å². The van der Waals surface area contributed by atoms with Gasteiger partial charge in [0.1, 0.15) is 5.69 Å². The lowest BCUT2D eigenvalue weighted by Crippen LogP contribution is -2.17. The summed E-state index contributed by atoms with van der Waals surface area (Å²) in [7, 11) is 0. The lowest BCUT2D eigenvalue weighted by molar-refractivity contribution is 0.101. The molecule has 1 heterocycles. The number of hydrogen-bond donors (Lipinski definition) is 2. The summed E-state index contributed by atoms with van der Waals surface area (Å²) in [5.41, 5.74) is 4.03. The van der Waals surface area contributed by atoms with Crippen LogP contribution in [-0.4, -0.2) is 16.8 Å². The number of nitrogens with zero attached hydrogens (tertiary/aromatic N) is 1. The summed E-state index contributed by atoms with van der Waals surface area (Å²) >= 11 is 1.46. The summed E-state index contributed by atoms with van der Waals surface area (Å²) in [6.45, 7) is 1.82. The zero-order valence-electron chi connectivity index (χ0n) is 17.0. The first-order chi connectivity index (χ1) is 15.1. The molecule has 0 bridgehead atoms. The Morgan fingerprint density at radius 1 is 0.839 bits per heavy atom. The first-order valence-corrected chi connectivity index (χ1v) is 10.7. The summed E-state index contributed by atoms with van der Waals surface area (Å²) in [5, 5.41) is 8.40. The maximum atomic E-state index is 12.7. The fraction of sp³-hybridized carbons (Fsp3) is 0.0800. The molecular formula is C25H21N3O2S. The average molecular weight is 428 g/mol. The van der Waals surface area contributed by atoms with Crippen LogP contribution in [-0.2, 0) is 6.42 Å². The van der Waals surface area contributed by atoms with Crippen LogP contribution in [0.25, 0.3) is 0 Å². The number of amides is 2. The summed E-state index contributed by atoms with van der Waals surface area (Å²) in [4.78, 5) is 29.9. The molecule has 0 aliphatic heterocycles. The van der Waals surface area contributed by atoms with Crippen molar-refractivity contribution in [3.63, 3.8) is 0 Å². The maximum absolute atomic E-state index is 12.7. The fourth-order valence-electron chi connectivity index (χ4n) is 3.19. The number of rotatable bonds is 6. The monoisotopic (exact) mass is 427 g/mol. The molecule has 2 amide bonds. The number of aromatic nitrogens is 1. The highest BCUT2D eigenvalue weighted by Gasteiger charge is 2.16. The van der Waals surface area contributed by atoms with E-state index in [1.165, 1.54) is 11.3 Å². The second-order valence-corrected chi connectivity index (χ2v) is 7.98. The van der Waals surface area contributed by atoms with Gasteiger partial charge in [-0.15, -0.1) is 11.3 Å². The maximum Gasteiger partial charge on any atom is 0.275 e. The van der Waals surface area contributed by atoms with Gasteiger partial charge in [0, 0.05) is 28.7 Å². The van der Waals surface area contributed by atoms with Crippen LogP contribution in [0.5, 0.6) is 0 Å². The van der Waals surface area contributed by atoms with E-state index in [-0.39, 0.29) is 11.8 Å². The molecular weight excluding hydrogens is 406 g/mol. The van der Waals surface area contributed by atoms with E-state index in [0.717, 1.165) is 16.3 Å². The Morgan fingerprint density at radius 3 is 2.29 bits per heavy atom. The molecule has 1 aromatic heterocycles. The minimum Gasteiger partial charge on any atom is -0.322 e. The van der Waals surface area contributed by atoms with Gasteiger partial charge in [-0.05, 0) is 42.3 Å². The molecule has 2 N–H and O–H groups in total. The van der Waals surface area contributed by atoms with Crippen molar-refractivity contribution in [2.75, 3.05) is 10.6 Å². The van der Waals surface area contributed by atoms with Crippen LogP contribution in [0.3, 0.4) is 0 Å². The number of carbonyl (C=O) groups excluding carboxylic acids is 2. The summed E-state index contributed by atoms with van der Waals surface area (Å²) in [5.74, 6) is -0.516. The predicted molar refractivity (Wildman–Crippen MR) is 125 cm³/mol. The van der Waals surface area contributed by atoms with E-state index in [0.29, 0.717) is 28.9 Å². The first-order valence-electron chi connectivity index (χ1n) is 9.86. The van der Waals surface area contributed by atoms with Gasteiger partial charge in [-0.1, -0.05) is 54.6 Å². The fourth-order valence-corrected chi connectivity index (χ4v) is 4.00. The van der Waals surface area contributed by atoms with E-state index >= 15 is 0 Å². The molecule has 31 heavy (non-hydrogen) atoms. The van der Waals surface area contributed by atoms with Crippen molar-refractivity contribution in [1.82, 2.24) is 4.98 Å². The topological polar surface area (TPSA) is 71.1 Å². The number of benzene rings is 3. The average Bonchev–Trinajstić information content (AvgIpc) is 3.25. The Labute approximate surface area is 184 Å². The quantitative estimate of drug-likeness (QED) is 0.424. The Balaban J connectivity index is 1.46. The Morgan fingerprint density at radius 2 is 1.55 bits per heavy atom. The van der Waals surface area contributed by atoms with E-state index in [1.807, 2.05) is 67.6 Å². The molecule has 0 fully saturated rings. The number of hydrogen-bond acceptors (Lipinski definition) is 4. The zero-order valence-corrected chi connectivity index (χ0v) is 17.8. The SMILES string of the molecule is Cc1c(NC(=O)c2csc(Cc3ccccc3)n2)cccc1C(=O)Nc1ccccc1.